The molecule has 0 atom stereocenters. The molecule has 4 rings (SSSR count). The molecule has 0 aliphatic rings. The first-order chi connectivity index (χ1) is 11.6. The van der Waals surface area contributed by atoms with Crippen molar-refractivity contribution in [3.05, 3.63) is 78.7 Å². The first kappa shape index (κ1) is 19.2. The zero-order valence-electron chi connectivity index (χ0n) is 14.1. The maximum absolute atomic E-state index is 8.72. The largest absolute Gasteiger partial charge is 0.494 e. The van der Waals surface area contributed by atoms with Crippen LogP contribution in [0.5, 0.6) is 5.88 Å². The number of imidazole rings is 1. The van der Waals surface area contributed by atoms with Gasteiger partial charge in [0.15, 0.2) is 5.88 Å². The van der Waals surface area contributed by atoms with Gasteiger partial charge in [-0.2, -0.15) is 0 Å². The van der Waals surface area contributed by atoms with Gasteiger partial charge >= 0.3 is 0 Å². The average Bonchev–Trinajstić information content (AvgIpc) is 3.33. The SMILES string of the molecule is Cn1cccc1.Cn1cccc1O.Cn1ccnc1.c1cscn1. The van der Waals surface area contributed by atoms with Gasteiger partial charge in [-0.1, -0.05) is 0 Å². The number of hydrogen-bond acceptors (Lipinski definition) is 4. The second-order valence-electron chi connectivity index (χ2n) is 4.73. The number of nitrogens with zero attached hydrogens (tertiary/aromatic N) is 5. The minimum Gasteiger partial charge on any atom is -0.494 e. The van der Waals surface area contributed by atoms with Gasteiger partial charge in [-0.15, -0.1) is 11.3 Å². The molecule has 0 aliphatic carbocycles. The lowest BCUT2D eigenvalue weighted by molar-refractivity contribution is 0.432. The Morgan fingerprint density at radius 1 is 0.875 bits per heavy atom. The third-order valence-electron chi connectivity index (χ3n) is 2.65. The molecule has 0 radical (unpaired) electrons. The van der Waals surface area contributed by atoms with Crippen LogP contribution in [0.4, 0.5) is 0 Å². The number of aromatic hydroxyl groups is 1. The summed E-state index contributed by atoms with van der Waals surface area (Å²) >= 11 is 1.60. The van der Waals surface area contributed by atoms with Crippen molar-refractivity contribution in [1.82, 2.24) is 23.7 Å². The van der Waals surface area contributed by atoms with Gasteiger partial charge in [-0.3, -0.25) is 4.98 Å². The lowest BCUT2D eigenvalue weighted by Crippen LogP contribution is -1.79. The third-order valence-corrected chi connectivity index (χ3v) is 3.18. The van der Waals surface area contributed by atoms with E-state index in [1.54, 1.807) is 65.5 Å². The maximum Gasteiger partial charge on any atom is 0.190 e. The van der Waals surface area contributed by atoms with E-state index in [2.05, 4.69) is 9.97 Å². The van der Waals surface area contributed by atoms with Crippen LogP contribution in [0, 0.1) is 0 Å². The Kier molecular flexibility index (Phi) is 9.40. The van der Waals surface area contributed by atoms with Crippen LogP contribution in [0.25, 0.3) is 0 Å². The lowest BCUT2D eigenvalue weighted by Gasteiger charge is -1.88. The van der Waals surface area contributed by atoms with Gasteiger partial charge in [0.25, 0.3) is 0 Å². The van der Waals surface area contributed by atoms with E-state index in [0.29, 0.717) is 5.88 Å². The van der Waals surface area contributed by atoms with Crippen LogP contribution in [-0.4, -0.2) is 28.8 Å². The molecule has 1 N–H and O–H groups in total. The van der Waals surface area contributed by atoms with Gasteiger partial charge in [-0.05, 0) is 24.3 Å². The van der Waals surface area contributed by atoms with Crippen molar-refractivity contribution in [2.45, 2.75) is 0 Å². The Balaban J connectivity index is 0.000000161. The first-order valence-corrected chi connectivity index (χ1v) is 8.15. The van der Waals surface area contributed by atoms with E-state index in [4.69, 9.17) is 5.11 Å². The first-order valence-electron chi connectivity index (χ1n) is 7.21. The van der Waals surface area contributed by atoms with Crippen LogP contribution in [0.1, 0.15) is 0 Å². The minimum absolute atomic E-state index is 0.306. The molecule has 128 valence electrons. The summed E-state index contributed by atoms with van der Waals surface area (Å²) in [5, 5.41) is 10.7. The number of aromatic nitrogens is 5. The molecule has 0 unspecified atom stereocenters. The summed E-state index contributed by atoms with van der Waals surface area (Å²) in [6, 6.07) is 7.43. The van der Waals surface area contributed by atoms with Crippen molar-refractivity contribution in [3.8, 4) is 5.88 Å². The molecule has 0 fully saturated rings. The molecule has 4 aromatic rings. The molecular formula is C17H23N5OS. The highest BCUT2D eigenvalue weighted by atomic mass is 32.1. The van der Waals surface area contributed by atoms with E-state index in [0.717, 1.165) is 0 Å². The fourth-order valence-corrected chi connectivity index (χ4v) is 1.73. The fourth-order valence-electron chi connectivity index (χ4n) is 1.37. The molecule has 6 nitrogen and oxygen atoms in total. The van der Waals surface area contributed by atoms with Gasteiger partial charge in [0.1, 0.15) is 0 Å². The van der Waals surface area contributed by atoms with Gasteiger partial charge in [0, 0.05) is 63.7 Å². The average molecular weight is 345 g/mol. The second kappa shape index (κ2) is 11.7. The molecule has 0 saturated heterocycles. The summed E-state index contributed by atoms with van der Waals surface area (Å²) in [7, 11) is 5.72. The Bertz CT molecular complexity index is 649. The number of rotatable bonds is 0. The Morgan fingerprint density at radius 2 is 1.62 bits per heavy atom. The third kappa shape index (κ3) is 9.26. The molecule has 0 aromatic carbocycles. The van der Waals surface area contributed by atoms with E-state index < -0.39 is 0 Å². The molecule has 0 saturated carbocycles. The fraction of sp³-hybridized carbons (Fsp3) is 0.176. The highest BCUT2D eigenvalue weighted by Gasteiger charge is 1.85. The van der Waals surface area contributed by atoms with E-state index in [-0.39, 0.29) is 0 Å². The molecule has 0 amide bonds. The maximum atomic E-state index is 8.72. The predicted molar refractivity (Wildman–Crippen MR) is 97.8 cm³/mol. The number of aryl methyl sites for hydroxylation is 3. The van der Waals surface area contributed by atoms with Crippen LogP contribution in [-0.2, 0) is 21.1 Å². The van der Waals surface area contributed by atoms with Gasteiger partial charge in [0.05, 0.1) is 11.8 Å². The van der Waals surface area contributed by atoms with Gasteiger partial charge < -0.3 is 18.8 Å². The molecule has 0 bridgehead atoms. The lowest BCUT2D eigenvalue weighted by atomic mass is 10.7. The van der Waals surface area contributed by atoms with Gasteiger partial charge in [0.2, 0.25) is 0 Å². The molecule has 0 spiro atoms. The predicted octanol–water partition coefficient (Wildman–Crippen LogP) is 3.32. The summed E-state index contributed by atoms with van der Waals surface area (Å²) in [6.07, 6.45) is 12.9. The molecule has 4 heterocycles. The van der Waals surface area contributed by atoms with Gasteiger partial charge in [-0.25, -0.2) is 4.98 Å². The molecule has 4 aromatic heterocycles. The smallest absolute Gasteiger partial charge is 0.190 e. The zero-order chi connectivity index (χ0) is 17.6. The topological polar surface area (TPSA) is 60.8 Å². The van der Waals surface area contributed by atoms with Crippen LogP contribution in [0.3, 0.4) is 0 Å². The highest BCUT2D eigenvalue weighted by Crippen LogP contribution is 2.04. The van der Waals surface area contributed by atoms with Crippen molar-refractivity contribution in [3.63, 3.8) is 0 Å². The Hall–Kier alpha value is -2.80. The minimum atomic E-state index is 0.306. The zero-order valence-corrected chi connectivity index (χ0v) is 14.9. The number of hydrogen-bond donors (Lipinski definition) is 1. The summed E-state index contributed by atoms with van der Waals surface area (Å²) in [6.45, 7) is 0. The summed E-state index contributed by atoms with van der Waals surface area (Å²) in [5.74, 6) is 0.306. The van der Waals surface area contributed by atoms with Crippen molar-refractivity contribution >= 4 is 11.3 Å². The van der Waals surface area contributed by atoms with Crippen molar-refractivity contribution in [2.75, 3.05) is 0 Å². The van der Waals surface area contributed by atoms with Crippen LogP contribution < -0.4 is 0 Å². The molecule has 7 heteroatoms. The summed E-state index contributed by atoms with van der Waals surface area (Å²) in [4.78, 5) is 7.53. The van der Waals surface area contributed by atoms with Crippen LogP contribution >= 0.6 is 11.3 Å². The highest BCUT2D eigenvalue weighted by molar-refractivity contribution is 7.07. The van der Waals surface area contributed by atoms with Crippen LogP contribution in [0.2, 0.25) is 0 Å². The quantitative estimate of drug-likeness (QED) is 0.532. The molecular weight excluding hydrogens is 322 g/mol. The Morgan fingerprint density at radius 3 is 1.79 bits per heavy atom. The van der Waals surface area contributed by atoms with E-state index >= 15 is 0 Å². The number of thiazole rings is 1. The van der Waals surface area contributed by atoms with E-state index in [1.807, 2.05) is 59.3 Å². The standard InChI is InChI=1S/C5H7NO.C5H7N.C4H6N2.C3H3NS/c1-6-4-2-3-5(6)7;1-6-4-2-3-5-6;1-6-3-2-5-4-6;1-2-5-3-4-1/h2-4,7H,1H3;2-5H,1H3;2-4H,1H3;1-3H. The van der Waals surface area contributed by atoms with Crippen molar-refractivity contribution in [1.29, 1.82) is 0 Å². The van der Waals surface area contributed by atoms with Crippen molar-refractivity contribution in [2.24, 2.45) is 21.1 Å². The normalized spacial score (nSPS) is 8.79. The Labute approximate surface area is 146 Å². The van der Waals surface area contributed by atoms with Crippen molar-refractivity contribution < 1.29 is 5.11 Å². The molecule has 24 heavy (non-hydrogen) atoms. The summed E-state index contributed by atoms with van der Waals surface area (Å²) in [5.41, 5.74) is 1.79. The van der Waals surface area contributed by atoms with E-state index in [1.165, 1.54) is 0 Å². The summed E-state index contributed by atoms with van der Waals surface area (Å²) < 4.78 is 5.53. The van der Waals surface area contributed by atoms with Crippen LogP contribution in [0.15, 0.2) is 78.7 Å². The second-order valence-corrected chi connectivity index (χ2v) is 5.48. The monoisotopic (exact) mass is 345 g/mol. The van der Waals surface area contributed by atoms with E-state index in [9.17, 15) is 0 Å². The molecule has 0 aliphatic heterocycles.